The Hall–Kier alpha value is -3.42. The quantitative estimate of drug-likeness (QED) is 0.557. The van der Waals surface area contributed by atoms with E-state index in [4.69, 9.17) is 9.47 Å². The summed E-state index contributed by atoms with van der Waals surface area (Å²) < 4.78 is 14.4. The molecular weight excluding hydrogens is 360 g/mol. The van der Waals surface area contributed by atoms with Gasteiger partial charge >= 0.3 is 5.97 Å². The van der Waals surface area contributed by atoms with Crippen molar-refractivity contribution in [1.82, 2.24) is 19.3 Å². The second kappa shape index (κ2) is 8.98. The zero-order valence-electron chi connectivity index (χ0n) is 15.9. The summed E-state index contributed by atoms with van der Waals surface area (Å²) >= 11 is 0. The molecule has 0 aliphatic rings. The Morgan fingerprint density at radius 2 is 1.93 bits per heavy atom. The number of aryl methyl sites for hydroxylation is 3. The molecular formula is C20H22N4O4. The predicted octanol–water partition coefficient (Wildman–Crippen LogP) is 2.67. The molecule has 2 heterocycles. The topological polar surface area (TPSA) is 88.2 Å². The van der Waals surface area contributed by atoms with Gasteiger partial charge in [0.25, 0.3) is 0 Å². The van der Waals surface area contributed by atoms with Gasteiger partial charge in [-0.1, -0.05) is 18.2 Å². The number of hydrogen-bond acceptors (Lipinski definition) is 6. The smallest absolute Gasteiger partial charge is 0.343 e. The molecule has 0 aliphatic carbocycles. The van der Waals surface area contributed by atoms with Crippen LogP contribution in [0.4, 0.5) is 0 Å². The van der Waals surface area contributed by atoms with Crippen LogP contribution in [0.1, 0.15) is 30.0 Å². The molecule has 3 aromatic rings. The molecule has 0 amide bonds. The molecule has 146 valence electrons. The van der Waals surface area contributed by atoms with Gasteiger partial charge in [-0.3, -0.25) is 4.79 Å². The highest BCUT2D eigenvalue weighted by molar-refractivity contribution is 5.89. The number of esters is 1. The third-order valence-electron chi connectivity index (χ3n) is 4.14. The maximum absolute atomic E-state index is 12.7. The lowest BCUT2D eigenvalue weighted by atomic mass is 10.2. The van der Waals surface area contributed by atoms with Crippen LogP contribution in [0, 0.1) is 0 Å². The monoisotopic (exact) mass is 382 g/mol. The molecule has 0 saturated carbocycles. The van der Waals surface area contributed by atoms with Crippen LogP contribution in [0.3, 0.4) is 0 Å². The Bertz CT molecular complexity index is 995. The van der Waals surface area contributed by atoms with Crippen LogP contribution in [0.25, 0.3) is 0 Å². The van der Waals surface area contributed by atoms with Crippen molar-refractivity contribution < 1.29 is 14.3 Å². The molecule has 0 atom stereocenters. The maximum atomic E-state index is 12.7. The molecule has 2 aromatic heterocycles. The molecule has 0 spiro atoms. The van der Waals surface area contributed by atoms with Crippen molar-refractivity contribution in [3.8, 4) is 11.5 Å². The van der Waals surface area contributed by atoms with Gasteiger partial charge in [-0.15, -0.1) is 10.2 Å². The number of hydrogen-bond donors (Lipinski definition) is 0. The lowest BCUT2D eigenvalue weighted by Gasteiger charge is -2.12. The minimum atomic E-state index is -0.670. The fourth-order valence-corrected chi connectivity index (χ4v) is 2.74. The molecule has 8 nitrogen and oxygen atoms in total. The summed E-state index contributed by atoms with van der Waals surface area (Å²) in [5.74, 6) is 0.729. The van der Waals surface area contributed by atoms with Gasteiger partial charge in [-0.25, -0.2) is 4.79 Å². The molecule has 0 N–H and O–H groups in total. The molecule has 0 saturated heterocycles. The lowest BCUT2D eigenvalue weighted by Crippen LogP contribution is -2.21. The Labute approximate surface area is 162 Å². The third-order valence-corrected chi connectivity index (χ3v) is 4.14. The first-order valence-corrected chi connectivity index (χ1v) is 9.13. The summed E-state index contributed by atoms with van der Waals surface area (Å²) in [6.07, 6.45) is 5.34. The summed E-state index contributed by atoms with van der Waals surface area (Å²) in [7, 11) is 0. The van der Waals surface area contributed by atoms with Crippen LogP contribution in [-0.4, -0.2) is 31.9 Å². The zero-order valence-corrected chi connectivity index (χ0v) is 15.9. The molecule has 0 radical (unpaired) electrons. The van der Waals surface area contributed by atoms with E-state index in [2.05, 4.69) is 10.2 Å². The summed E-state index contributed by atoms with van der Waals surface area (Å²) in [5.41, 5.74) is -0.567. The third kappa shape index (κ3) is 4.46. The van der Waals surface area contributed by atoms with Crippen molar-refractivity contribution in [2.75, 3.05) is 6.61 Å². The van der Waals surface area contributed by atoms with Crippen LogP contribution < -0.4 is 10.2 Å². The molecule has 8 heteroatoms. The summed E-state index contributed by atoms with van der Waals surface area (Å²) in [6, 6.07) is 8.94. The normalized spacial score (nSPS) is 10.6. The zero-order chi connectivity index (χ0) is 19.9. The second-order valence-electron chi connectivity index (χ2n) is 6.02. The highest BCUT2D eigenvalue weighted by Gasteiger charge is 2.18. The summed E-state index contributed by atoms with van der Waals surface area (Å²) in [5, 5.41) is 8.03. The van der Waals surface area contributed by atoms with Crippen molar-refractivity contribution in [1.29, 1.82) is 0 Å². The van der Waals surface area contributed by atoms with Crippen molar-refractivity contribution >= 4 is 5.97 Å². The largest absolute Gasteiger partial charge is 0.462 e. The maximum Gasteiger partial charge on any atom is 0.343 e. The van der Waals surface area contributed by atoms with Gasteiger partial charge in [0, 0.05) is 25.7 Å². The number of pyridine rings is 1. The molecule has 0 bridgehead atoms. The summed E-state index contributed by atoms with van der Waals surface area (Å²) in [6.45, 7) is 5.15. The van der Waals surface area contributed by atoms with E-state index in [0.717, 1.165) is 12.4 Å². The number of ether oxygens (including phenoxy) is 2. The number of rotatable bonds is 8. The van der Waals surface area contributed by atoms with Gasteiger partial charge in [-0.05, 0) is 26.0 Å². The van der Waals surface area contributed by atoms with E-state index in [-0.39, 0.29) is 17.9 Å². The Morgan fingerprint density at radius 1 is 1.14 bits per heavy atom. The summed E-state index contributed by atoms with van der Waals surface area (Å²) in [4.78, 5) is 24.9. The van der Waals surface area contributed by atoms with Crippen LogP contribution in [0.5, 0.6) is 11.5 Å². The standard InChI is InChI=1S/C20H22N4O4/c1-3-24-14-21-22-18(24)10-11-23-12-16(20(26)27-4-2)19(25)17(13-23)28-15-8-6-5-7-9-15/h5-9,12-14H,3-4,10-11H2,1-2H3. The van der Waals surface area contributed by atoms with Gasteiger partial charge in [0.2, 0.25) is 5.43 Å². The Morgan fingerprint density at radius 3 is 2.64 bits per heavy atom. The first-order chi connectivity index (χ1) is 13.6. The highest BCUT2D eigenvalue weighted by Crippen LogP contribution is 2.18. The fraction of sp³-hybridized carbons (Fsp3) is 0.300. The van der Waals surface area contributed by atoms with E-state index in [1.165, 1.54) is 6.20 Å². The Balaban J connectivity index is 1.92. The average Bonchev–Trinajstić information content (AvgIpc) is 3.17. The minimum Gasteiger partial charge on any atom is -0.462 e. The first kappa shape index (κ1) is 19.3. The molecule has 0 unspecified atom stereocenters. The lowest BCUT2D eigenvalue weighted by molar-refractivity contribution is 0.0523. The fourth-order valence-electron chi connectivity index (χ4n) is 2.74. The predicted molar refractivity (Wildman–Crippen MR) is 103 cm³/mol. The molecule has 1 aromatic carbocycles. The van der Waals surface area contributed by atoms with Gasteiger partial charge < -0.3 is 18.6 Å². The van der Waals surface area contributed by atoms with E-state index in [1.807, 2.05) is 17.6 Å². The van der Waals surface area contributed by atoms with Gasteiger partial charge in [0.15, 0.2) is 5.75 Å². The number of carbonyl (C=O) groups excluding carboxylic acids is 1. The van der Waals surface area contributed by atoms with Crippen LogP contribution in [-0.2, 0) is 24.2 Å². The van der Waals surface area contributed by atoms with Gasteiger partial charge in [0.05, 0.1) is 12.8 Å². The number of benzene rings is 1. The number of aromatic nitrogens is 4. The van der Waals surface area contributed by atoms with Crippen molar-refractivity contribution in [2.45, 2.75) is 33.4 Å². The number of carbonyl (C=O) groups is 1. The molecule has 3 rings (SSSR count). The van der Waals surface area contributed by atoms with Crippen molar-refractivity contribution in [2.24, 2.45) is 0 Å². The van der Waals surface area contributed by atoms with Gasteiger partial charge in [-0.2, -0.15) is 0 Å². The number of nitrogens with zero attached hydrogens (tertiary/aromatic N) is 4. The Kier molecular flexibility index (Phi) is 6.21. The second-order valence-corrected chi connectivity index (χ2v) is 6.02. The van der Waals surface area contributed by atoms with E-state index in [9.17, 15) is 9.59 Å². The van der Waals surface area contributed by atoms with Crippen molar-refractivity contribution in [3.05, 3.63) is 70.7 Å². The first-order valence-electron chi connectivity index (χ1n) is 9.13. The van der Waals surface area contributed by atoms with Crippen molar-refractivity contribution in [3.63, 3.8) is 0 Å². The molecule has 0 fully saturated rings. The highest BCUT2D eigenvalue weighted by atomic mass is 16.5. The average molecular weight is 382 g/mol. The number of para-hydroxylation sites is 1. The van der Waals surface area contributed by atoms with Crippen LogP contribution in [0.2, 0.25) is 0 Å². The SMILES string of the molecule is CCOC(=O)c1cn(CCc2nncn2CC)cc(Oc2ccccc2)c1=O. The minimum absolute atomic E-state index is 0.0627. The van der Waals surface area contributed by atoms with Crippen LogP contribution in [0.15, 0.2) is 53.8 Å². The van der Waals surface area contributed by atoms with Crippen LogP contribution >= 0.6 is 0 Å². The van der Waals surface area contributed by atoms with E-state index < -0.39 is 11.4 Å². The molecule has 28 heavy (non-hydrogen) atoms. The molecule has 0 aliphatic heterocycles. The van der Waals surface area contributed by atoms with Gasteiger partial charge in [0.1, 0.15) is 23.5 Å². The van der Waals surface area contributed by atoms with E-state index >= 15 is 0 Å². The van der Waals surface area contributed by atoms with E-state index in [0.29, 0.717) is 18.7 Å². The van der Waals surface area contributed by atoms with E-state index in [1.54, 1.807) is 48.3 Å².